The molecule has 1 N–H and O–H groups in total. The minimum atomic E-state index is -0.616. The van der Waals surface area contributed by atoms with Gasteiger partial charge >= 0.3 is 11.9 Å². The molecule has 0 aliphatic heterocycles. The summed E-state index contributed by atoms with van der Waals surface area (Å²) in [5, 5.41) is 3.66. The van der Waals surface area contributed by atoms with Gasteiger partial charge < -0.3 is 14.8 Å². The number of esters is 2. The number of carbonyl (C=O) groups is 3. The van der Waals surface area contributed by atoms with E-state index in [-0.39, 0.29) is 34.4 Å². The average molecular weight is 442 g/mol. The molecular formula is C19H20ClNO5S2. The fourth-order valence-corrected chi connectivity index (χ4v) is 4.40. The highest BCUT2D eigenvalue weighted by atomic mass is 35.5. The Labute approximate surface area is 176 Å². The first-order valence-electron chi connectivity index (χ1n) is 8.44. The van der Waals surface area contributed by atoms with Crippen LogP contribution in [0.2, 0.25) is 5.02 Å². The molecule has 0 spiro atoms. The van der Waals surface area contributed by atoms with E-state index in [1.807, 2.05) is 12.1 Å². The molecule has 1 aromatic carbocycles. The van der Waals surface area contributed by atoms with Gasteiger partial charge in [-0.2, -0.15) is 0 Å². The molecule has 0 aliphatic rings. The van der Waals surface area contributed by atoms with Crippen molar-refractivity contribution in [2.24, 2.45) is 0 Å². The summed E-state index contributed by atoms with van der Waals surface area (Å²) in [7, 11) is 1.25. The van der Waals surface area contributed by atoms with Crippen molar-refractivity contribution in [1.82, 2.24) is 0 Å². The predicted octanol–water partition coefficient (Wildman–Crippen LogP) is 4.79. The predicted molar refractivity (Wildman–Crippen MR) is 112 cm³/mol. The molecule has 0 atom stereocenters. The van der Waals surface area contributed by atoms with Gasteiger partial charge in [-0.1, -0.05) is 11.6 Å². The van der Waals surface area contributed by atoms with Gasteiger partial charge in [0.05, 0.1) is 19.3 Å². The lowest BCUT2D eigenvalue weighted by atomic mass is 10.1. The van der Waals surface area contributed by atoms with E-state index in [4.69, 9.17) is 21.1 Å². The van der Waals surface area contributed by atoms with Crippen molar-refractivity contribution in [3.8, 4) is 0 Å². The van der Waals surface area contributed by atoms with Gasteiger partial charge in [-0.3, -0.25) is 4.79 Å². The van der Waals surface area contributed by atoms with Crippen molar-refractivity contribution in [3.05, 3.63) is 45.3 Å². The molecule has 150 valence electrons. The van der Waals surface area contributed by atoms with Gasteiger partial charge in [-0.05, 0) is 43.7 Å². The van der Waals surface area contributed by atoms with E-state index in [0.717, 1.165) is 16.2 Å². The summed E-state index contributed by atoms with van der Waals surface area (Å²) in [5.41, 5.74) is 0.607. The van der Waals surface area contributed by atoms with Crippen molar-refractivity contribution in [1.29, 1.82) is 0 Å². The molecule has 1 amide bonds. The maximum Gasteiger partial charge on any atom is 0.348 e. The fraction of sp³-hybridized carbons (Fsp3) is 0.316. The number of hydrogen-bond donors (Lipinski definition) is 1. The Bertz CT molecular complexity index is 864. The zero-order valence-electron chi connectivity index (χ0n) is 15.7. The molecule has 6 nitrogen and oxygen atoms in total. The summed E-state index contributed by atoms with van der Waals surface area (Å²) in [6, 6.07) is 7.35. The molecule has 1 aromatic heterocycles. The third-order valence-electron chi connectivity index (χ3n) is 3.66. The average Bonchev–Trinajstić information content (AvgIpc) is 2.99. The molecule has 28 heavy (non-hydrogen) atoms. The first kappa shape index (κ1) is 22.3. The topological polar surface area (TPSA) is 81.7 Å². The number of halogens is 1. The number of methoxy groups -OCH3 is 1. The second-order valence-electron chi connectivity index (χ2n) is 5.57. The van der Waals surface area contributed by atoms with Gasteiger partial charge in [0, 0.05) is 22.1 Å². The molecule has 0 unspecified atom stereocenters. The zero-order chi connectivity index (χ0) is 20.7. The lowest BCUT2D eigenvalue weighted by molar-refractivity contribution is -0.115. The number of anilines is 1. The number of rotatable bonds is 8. The van der Waals surface area contributed by atoms with E-state index in [2.05, 4.69) is 5.32 Å². The number of hydrogen-bond acceptors (Lipinski definition) is 7. The minimum absolute atomic E-state index is 0.175. The molecule has 2 rings (SSSR count). The first-order chi connectivity index (χ1) is 13.4. The van der Waals surface area contributed by atoms with Crippen molar-refractivity contribution in [2.45, 2.75) is 25.2 Å². The molecule has 0 saturated carbocycles. The van der Waals surface area contributed by atoms with Crippen LogP contribution in [0.15, 0.2) is 29.2 Å². The van der Waals surface area contributed by atoms with Crippen LogP contribution in [0.1, 0.15) is 38.9 Å². The van der Waals surface area contributed by atoms with Crippen LogP contribution in [0, 0.1) is 6.92 Å². The molecule has 2 aromatic rings. The van der Waals surface area contributed by atoms with Crippen LogP contribution < -0.4 is 5.32 Å². The van der Waals surface area contributed by atoms with Crippen molar-refractivity contribution >= 4 is 57.5 Å². The van der Waals surface area contributed by atoms with E-state index in [0.29, 0.717) is 16.3 Å². The lowest BCUT2D eigenvalue weighted by Crippen LogP contribution is -2.14. The van der Waals surface area contributed by atoms with Gasteiger partial charge in [-0.15, -0.1) is 23.1 Å². The second kappa shape index (κ2) is 10.5. The van der Waals surface area contributed by atoms with Crippen molar-refractivity contribution in [3.63, 3.8) is 0 Å². The fourth-order valence-electron chi connectivity index (χ4n) is 2.32. The standard InChI is InChI=1S/C19H20ClNO5S2/c1-4-26-19(24)16-11(2)15(18(23)25-3)17(28-16)21-14(22)9-10-27-13-7-5-12(20)6-8-13/h5-8H,4,9-10H2,1-3H3,(H,21,22). The van der Waals surface area contributed by atoms with Gasteiger partial charge in [-0.25, -0.2) is 9.59 Å². The monoisotopic (exact) mass is 441 g/mol. The van der Waals surface area contributed by atoms with Gasteiger partial charge in [0.15, 0.2) is 0 Å². The molecule has 1 heterocycles. The smallest absolute Gasteiger partial charge is 0.348 e. The van der Waals surface area contributed by atoms with E-state index in [1.54, 1.807) is 26.0 Å². The van der Waals surface area contributed by atoms with Crippen LogP contribution in [0.5, 0.6) is 0 Å². The number of benzene rings is 1. The normalized spacial score (nSPS) is 10.4. The molecular weight excluding hydrogens is 422 g/mol. The first-order valence-corrected chi connectivity index (χ1v) is 10.6. The maximum absolute atomic E-state index is 12.3. The lowest BCUT2D eigenvalue weighted by Gasteiger charge is -2.06. The van der Waals surface area contributed by atoms with Gasteiger partial charge in [0.1, 0.15) is 9.88 Å². The molecule has 0 radical (unpaired) electrons. The molecule has 0 bridgehead atoms. The number of amides is 1. The number of thioether (sulfide) groups is 1. The van der Waals surface area contributed by atoms with E-state index < -0.39 is 11.9 Å². The molecule has 0 aliphatic carbocycles. The number of nitrogens with one attached hydrogen (secondary N) is 1. The minimum Gasteiger partial charge on any atom is -0.465 e. The number of ether oxygens (including phenoxy) is 2. The van der Waals surface area contributed by atoms with E-state index in [9.17, 15) is 14.4 Å². The second-order valence-corrected chi connectivity index (χ2v) is 8.20. The van der Waals surface area contributed by atoms with Crippen LogP contribution >= 0.6 is 34.7 Å². The highest BCUT2D eigenvalue weighted by Crippen LogP contribution is 2.34. The largest absolute Gasteiger partial charge is 0.465 e. The SMILES string of the molecule is CCOC(=O)c1sc(NC(=O)CCSc2ccc(Cl)cc2)c(C(=O)OC)c1C. The molecule has 0 saturated heterocycles. The van der Waals surface area contributed by atoms with E-state index >= 15 is 0 Å². The van der Waals surface area contributed by atoms with E-state index in [1.165, 1.54) is 18.9 Å². The highest BCUT2D eigenvalue weighted by Gasteiger charge is 2.26. The summed E-state index contributed by atoms with van der Waals surface area (Å²) < 4.78 is 9.80. The Morgan fingerprint density at radius 2 is 1.86 bits per heavy atom. The summed E-state index contributed by atoms with van der Waals surface area (Å²) in [6.45, 7) is 3.54. The van der Waals surface area contributed by atoms with Crippen LogP contribution in [0.3, 0.4) is 0 Å². The zero-order valence-corrected chi connectivity index (χ0v) is 18.1. The Balaban J connectivity index is 2.07. The number of thiophene rings is 1. The highest BCUT2D eigenvalue weighted by molar-refractivity contribution is 7.99. The Kier molecular flexibility index (Phi) is 8.35. The van der Waals surface area contributed by atoms with Crippen LogP contribution in [0.25, 0.3) is 0 Å². The van der Waals surface area contributed by atoms with Gasteiger partial charge in [0.2, 0.25) is 5.91 Å². The van der Waals surface area contributed by atoms with Crippen LogP contribution in [-0.4, -0.2) is 37.3 Å². The summed E-state index contributed by atoms with van der Waals surface area (Å²) >= 11 is 8.38. The molecule has 9 heteroatoms. The summed E-state index contributed by atoms with van der Waals surface area (Å²) in [5.74, 6) is -0.858. The van der Waals surface area contributed by atoms with Crippen molar-refractivity contribution in [2.75, 3.05) is 24.8 Å². The summed E-state index contributed by atoms with van der Waals surface area (Å²) in [4.78, 5) is 37.8. The van der Waals surface area contributed by atoms with Gasteiger partial charge in [0.25, 0.3) is 0 Å². The number of carbonyl (C=O) groups excluding carboxylic acids is 3. The van der Waals surface area contributed by atoms with Crippen LogP contribution in [-0.2, 0) is 14.3 Å². The Hall–Kier alpha value is -2.03. The van der Waals surface area contributed by atoms with Crippen molar-refractivity contribution < 1.29 is 23.9 Å². The quantitative estimate of drug-likeness (QED) is 0.468. The third-order valence-corrected chi connectivity index (χ3v) is 6.11. The maximum atomic E-state index is 12.3. The molecule has 0 fully saturated rings. The summed E-state index contributed by atoms with van der Waals surface area (Å²) in [6.07, 6.45) is 0.236. The Morgan fingerprint density at radius 1 is 1.18 bits per heavy atom. The Morgan fingerprint density at radius 3 is 2.46 bits per heavy atom. The van der Waals surface area contributed by atoms with Crippen LogP contribution in [0.4, 0.5) is 5.00 Å². The third kappa shape index (κ3) is 5.73.